The Labute approximate surface area is 101 Å². The average Bonchev–Trinajstić information content (AvgIpc) is 2.76. The Morgan fingerprint density at radius 1 is 1.41 bits per heavy atom. The van der Waals surface area contributed by atoms with Gasteiger partial charge in [0.05, 0.1) is 10.6 Å². The van der Waals surface area contributed by atoms with Crippen LogP contribution in [0.5, 0.6) is 0 Å². The highest BCUT2D eigenvalue weighted by atomic mass is 32.1. The maximum absolute atomic E-state index is 13.5. The van der Waals surface area contributed by atoms with Gasteiger partial charge in [0.25, 0.3) is 0 Å². The number of halogens is 2. The molecule has 1 unspecified atom stereocenters. The maximum atomic E-state index is 13.5. The molecule has 2 aromatic rings. The van der Waals surface area contributed by atoms with Crippen molar-refractivity contribution in [1.29, 1.82) is 0 Å². The van der Waals surface area contributed by atoms with Crippen LogP contribution in [0.1, 0.15) is 29.2 Å². The van der Waals surface area contributed by atoms with E-state index in [9.17, 15) is 13.9 Å². The van der Waals surface area contributed by atoms with E-state index in [1.165, 1.54) is 6.07 Å². The highest BCUT2D eigenvalue weighted by molar-refractivity contribution is 7.05. The molecule has 0 saturated carbocycles. The lowest BCUT2D eigenvalue weighted by molar-refractivity contribution is 0.217. The van der Waals surface area contributed by atoms with Gasteiger partial charge < -0.3 is 5.11 Å². The molecular weight excluding hydrogens is 246 g/mol. The monoisotopic (exact) mass is 256 g/mol. The van der Waals surface area contributed by atoms with E-state index >= 15 is 0 Å². The van der Waals surface area contributed by atoms with Gasteiger partial charge in [-0.3, -0.25) is 0 Å². The van der Waals surface area contributed by atoms with Crippen LogP contribution in [-0.4, -0.2) is 14.7 Å². The lowest BCUT2D eigenvalue weighted by atomic mass is 10.1. The number of aromatic nitrogens is 2. The molecule has 1 heterocycles. The SMILES string of the molecule is CCc1nnsc1C(O)c1ccc(F)cc1F. The largest absolute Gasteiger partial charge is 0.383 e. The molecule has 0 aliphatic rings. The fraction of sp³-hybridized carbons (Fsp3) is 0.273. The summed E-state index contributed by atoms with van der Waals surface area (Å²) < 4.78 is 30.0. The van der Waals surface area contributed by atoms with E-state index in [4.69, 9.17) is 0 Å². The minimum absolute atomic E-state index is 0.0344. The van der Waals surface area contributed by atoms with Crippen molar-refractivity contribution in [2.75, 3.05) is 0 Å². The van der Waals surface area contributed by atoms with Gasteiger partial charge in [-0.15, -0.1) is 5.10 Å². The van der Waals surface area contributed by atoms with Gasteiger partial charge in [-0.25, -0.2) is 8.78 Å². The van der Waals surface area contributed by atoms with Crippen LogP contribution in [0.15, 0.2) is 18.2 Å². The Morgan fingerprint density at radius 3 is 2.82 bits per heavy atom. The molecule has 17 heavy (non-hydrogen) atoms. The van der Waals surface area contributed by atoms with Gasteiger partial charge in [0.2, 0.25) is 0 Å². The molecule has 0 spiro atoms. The number of aliphatic hydroxyl groups is 1. The summed E-state index contributed by atoms with van der Waals surface area (Å²) in [5.74, 6) is -1.44. The molecule has 0 saturated heterocycles. The third-order valence-electron chi connectivity index (χ3n) is 2.43. The molecule has 90 valence electrons. The van der Waals surface area contributed by atoms with Gasteiger partial charge >= 0.3 is 0 Å². The number of rotatable bonds is 3. The van der Waals surface area contributed by atoms with Crippen LogP contribution in [0.4, 0.5) is 8.78 Å². The van der Waals surface area contributed by atoms with E-state index < -0.39 is 17.7 Å². The van der Waals surface area contributed by atoms with Crippen molar-refractivity contribution in [2.45, 2.75) is 19.4 Å². The molecule has 6 heteroatoms. The van der Waals surface area contributed by atoms with Crippen molar-refractivity contribution in [2.24, 2.45) is 0 Å². The Bertz CT molecular complexity index is 530. The normalized spacial score (nSPS) is 12.7. The fourth-order valence-electron chi connectivity index (χ4n) is 1.53. The zero-order valence-electron chi connectivity index (χ0n) is 9.02. The van der Waals surface area contributed by atoms with Crippen LogP contribution in [0, 0.1) is 11.6 Å². The van der Waals surface area contributed by atoms with Crippen LogP contribution in [0.25, 0.3) is 0 Å². The molecule has 3 nitrogen and oxygen atoms in total. The van der Waals surface area contributed by atoms with Gasteiger partial charge in [-0.1, -0.05) is 17.5 Å². The van der Waals surface area contributed by atoms with Crippen LogP contribution in [0.2, 0.25) is 0 Å². The third kappa shape index (κ3) is 2.32. The van der Waals surface area contributed by atoms with Crippen molar-refractivity contribution >= 4 is 11.5 Å². The lowest BCUT2D eigenvalue weighted by Crippen LogP contribution is -2.03. The topological polar surface area (TPSA) is 46.0 Å². The minimum atomic E-state index is -1.15. The zero-order valence-corrected chi connectivity index (χ0v) is 9.84. The van der Waals surface area contributed by atoms with Gasteiger partial charge in [-0.05, 0) is 24.0 Å². The van der Waals surface area contributed by atoms with Crippen molar-refractivity contribution < 1.29 is 13.9 Å². The molecule has 0 fully saturated rings. The fourth-order valence-corrected chi connectivity index (χ4v) is 2.28. The molecular formula is C11H10F2N2OS. The average molecular weight is 256 g/mol. The highest BCUT2D eigenvalue weighted by Crippen LogP contribution is 2.29. The van der Waals surface area contributed by atoms with E-state index in [0.717, 1.165) is 23.7 Å². The predicted molar refractivity (Wildman–Crippen MR) is 59.7 cm³/mol. The van der Waals surface area contributed by atoms with Crippen LogP contribution in [-0.2, 0) is 6.42 Å². The van der Waals surface area contributed by atoms with Crippen LogP contribution < -0.4 is 0 Å². The number of aliphatic hydroxyl groups excluding tert-OH is 1. The second kappa shape index (κ2) is 4.85. The molecule has 0 aliphatic carbocycles. The third-order valence-corrected chi connectivity index (χ3v) is 3.24. The van der Waals surface area contributed by atoms with Crippen molar-refractivity contribution in [3.05, 3.63) is 46.0 Å². The molecule has 1 atom stereocenters. The number of hydrogen-bond donors (Lipinski definition) is 1. The summed E-state index contributed by atoms with van der Waals surface area (Å²) in [6.45, 7) is 1.87. The van der Waals surface area contributed by atoms with Crippen molar-refractivity contribution in [1.82, 2.24) is 9.59 Å². The molecule has 0 bridgehead atoms. The summed E-state index contributed by atoms with van der Waals surface area (Å²) in [6, 6.07) is 3.09. The first kappa shape index (κ1) is 12.1. The summed E-state index contributed by atoms with van der Waals surface area (Å²) >= 11 is 1.02. The first-order valence-corrected chi connectivity index (χ1v) is 5.85. The minimum Gasteiger partial charge on any atom is -0.383 e. The summed E-state index contributed by atoms with van der Waals surface area (Å²) in [6.07, 6.45) is -0.545. The predicted octanol–water partition coefficient (Wildman–Crippen LogP) is 2.46. The van der Waals surface area contributed by atoms with Crippen LogP contribution >= 0.6 is 11.5 Å². The lowest BCUT2D eigenvalue weighted by Gasteiger charge is -2.10. The van der Waals surface area contributed by atoms with Crippen molar-refractivity contribution in [3.63, 3.8) is 0 Å². The summed E-state index contributed by atoms with van der Waals surface area (Å²) in [5.41, 5.74) is 0.665. The van der Waals surface area contributed by atoms with Gasteiger partial charge in [0.1, 0.15) is 17.7 Å². The second-order valence-corrected chi connectivity index (χ2v) is 4.29. The summed E-state index contributed by atoms with van der Waals surface area (Å²) in [4.78, 5) is 0.498. The maximum Gasteiger partial charge on any atom is 0.132 e. The van der Waals surface area contributed by atoms with Gasteiger partial charge in [-0.2, -0.15) is 0 Å². The first-order chi connectivity index (χ1) is 8.13. The van der Waals surface area contributed by atoms with Gasteiger partial charge in [0.15, 0.2) is 0 Å². The number of benzene rings is 1. The Balaban J connectivity index is 2.40. The Kier molecular flexibility index (Phi) is 3.44. The molecule has 1 aromatic carbocycles. The smallest absolute Gasteiger partial charge is 0.132 e. The Hall–Kier alpha value is -1.40. The van der Waals surface area contributed by atoms with E-state index in [2.05, 4.69) is 9.59 Å². The first-order valence-electron chi connectivity index (χ1n) is 5.07. The standard InChI is InChI=1S/C11H10F2N2OS/c1-2-9-11(17-15-14-9)10(16)7-4-3-6(12)5-8(7)13/h3-5,10,16H,2H2,1H3. The van der Waals surface area contributed by atoms with Crippen LogP contribution in [0.3, 0.4) is 0 Å². The number of aryl methyl sites for hydroxylation is 1. The molecule has 2 rings (SSSR count). The highest BCUT2D eigenvalue weighted by Gasteiger charge is 2.21. The zero-order chi connectivity index (χ0) is 12.4. The molecule has 1 aromatic heterocycles. The quantitative estimate of drug-likeness (QED) is 0.917. The van der Waals surface area contributed by atoms with E-state index in [1.54, 1.807) is 0 Å². The van der Waals surface area contributed by atoms with E-state index in [1.807, 2.05) is 6.92 Å². The molecule has 1 N–H and O–H groups in total. The summed E-state index contributed by atoms with van der Waals surface area (Å²) in [5, 5.41) is 13.9. The second-order valence-electron chi connectivity index (χ2n) is 3.51. The van der Waals surface area contributed by atoms with Crippen molar-refractivity contribution in [3.8, 4) is 0 Å². The Morgan fingerprint density at radius 2 is 2.18 bits per heavy atom. The number of nitrogens with zero attached hydrogens (tertiary/aromatic N) is 2. The van der Waals surface area contributed by atoms with E-state index in [-0.39, 0.29) is 5.56 Å². The van der Waals surface area contributed by atoms with Gasteiger partial charge in [0, 0.05) is 11.6 Å². The van der Waals surface area contributed by atoms with E-state index in [0.29, 0.717) is 17.0 Å². The molecule has 0 radical (unpaired) electrons. The molecule has 0 aliphatic heterocycles. The number of hydrogen-bond acceptors (Lipinski definition) is 4. The summed E-state index contributed by atoms with van der Waals surface area (Å²) in [7, 11) is 0. The molecule has 0 amide bonds.